The Labute approximate surface area is 134 Å². The van der Waals surface area contributed by atoms with E-state index in [0.717, 1.165) is 16.6 Å². The molecule has 3 rings (SSSR count). The SMILES string of the molecule is CC1(C)CC2(CN=C(N)N2c2ccccc2Br)C(C)(C)O1. The van der Waals surface area contributed by atoms with E-state index in [1.54, 1.807) is 0 Å². The third-order valence-corrected chi connectivity index (χ3v) is 5.29. The fourth-order valence-electron chi connectivity index (χ4n) is 3.89. The standard InChI is InChI=1S/C16H22BrN3O/c1-14(2)9-16(15(3,4)21-14)10-19-13(18)20(16)12-8-6-5-7-11(12)17/h5-8H,9-10H2,1-4H3,(H2,18,19). The molecule has 2 N–H and O–H groups in total. The van der Waals surface area contributed by atoms with Crippen molar-refractivity contribution < 1.29 is 4.74 Å². The van der Waals surface area contributed by atoms with Crippen LogP contribution in [-0.2, 0) is 4.74 Å². The van der Waals surface area contributed by atoms with Gasteiger partial charge in [0.2, 0.25) is 0 Å². The van der Waals surface area contributed by atoms with Crippen LogP contribution in [0.4, 0.5) is 5.69 Å². The first-order valence-corrected chi connectivity index (χ1v) is 8.03. The normalized spacial score (nSPS) is 30.0. The molecule has 114 valence electrons. The zero-order valence-electron chi connectivity index (χ0n) is 13.0. The molecule has 1 spiro atoms. The lowest BCUT2D eigenvalue weighted by molar-refractivity contribution is -0.0764. The topological polar surface area (TPSA) is 50.8 Å². The molecule has 2 heterocycles. The lowest BCUT2D eigenvalue weighted by atomic mass is 9.78. The lowest BCUT2D eigenvalue weighted by Gasteiger charge is -2.44. The molecule has 1 atom stereocenters. The van der Waals surface area contributed by atoms with Gasteiger partial charge in [-0.05, 0) is 55.8 Å². The second-order valence-corrected chi connectivity index (χ2v) is 7.90. The van der Waals surface area contributed by atoms with Crippen LogP contribution < -0.4 is 10.6 Å². The minimum absolute atomic E-state index is 0.191. The summed E-state index contributed by atoms with van der Waals surface area (Å²) in [6.45, 7) is 9.21. The molecule has 1 aromatic carbocycles. The van der Waals surface area contributed by atoms with Crippen LogP contribution in [0.25, 0.3) is 0 Å². The van der Waals surface area contributed by atoms with Crippen molar-refractivity contribution in [2.45, 2.75) is 50.9 Å². The quantitative estimate of drug-likeness (QED) is 0.844. The third-order valence-electron chi connectivity index (χ3n) is 4.62. The number of aliphatic imine (C=N–C) groups is 1. The Morgan fingerprint density at radius 3 is 2.48 bits per heavy atom. The van der Waals surface area contributed by atoms with E-state index in [4.69, 9.17) is 10.5 Å². The molecule has 1 aromatic rings. The van der Waals surface area contributed by atoms with Gasteiger partial charge in [0.1, 0.15) is 0 Å². The highest BCUT2D eigenvalue weighted by atomic mass is 79.9. The van der Waals surface area contributed by atoms with Crippen molar-refractivity contribution in [1.29, 1.82) is 0 Å². The molecule has 21 heavy (non-hydrogen) atoms. The summed E-state index contributed by atoms with van der Waals surface area (Å²) in [6, 6.07) is 8.13. The fourth-order valence-corrected chi connectivity index (χ4v) is 4.36. The van der Waals surface area contributed by atoms with Crippen molar-refractivity contribution in [2.75, 3.05) is 11.4 Å². The Kier molecular flexibility index (Phi) is 3.16. The van der Waals surface area contributed by atoms with Crippen LogP contribution in [0.15, 0.2) is 33.7 Å². The van der Waals surface area contributed by atoms with Crippen LogP contribution in [0.1, 0.15) is 34.1 Å². The smallest absolute Gasteiger partial charge is 0.196 e. The molecule has 0 aromatic heterocycles. The first-order chi connectivity index (χ1) is 9.69. The first kappa shape index (κ1) is 14.9. The molecule has 4 nitrogen and oxygen atoms in total. The molecule has 1 unspecified atom stereocenters. The summed E-state index contributed by atoms with van der Waals surface area (Å²) in [5, 5.41) is 0. The molecule has 2 aliphatic heterocycles. The van der Waals surface area contributed by atoms with E-state index in [-0.39, 0.29) is 16.7 Å². The number of hydrogen-bond acceptors (Lipinski definition) is 4. The first-order valence-electron chi connectivity index (χ1n) is 7.23. The number of guanidine groups is 1. The number of nitrogens with zero attached hydrogens (tertiary/aromatic N) is 2. The third kappa shape index (κ3) is 2.09. The Morgan fingerprint density at radius 1 is 1.24 bits per heavy atom. The molecule has 0 amide bonds. The molecule has 5 heteroatoms. The van der Waals surface area contributed by atoms with Crippen molar-refractivity contribution in [3.8, 4) is 0 Å². The van der Waals surface area contributed by atoms with Gasteiger partial charge in [0.05, 0.1) is 29.0 Å². The summed E-state index contributed by atoms with van der Waals surface area (Å²) < 4.78 is 7.35. The summed E-state index contributed by atoms with van der Waals surface area (Å²) in [5.41, 5.74) is 6.52. The molecule has 0 bridgehead atoms. The number of hydrogen-bond donors (Lipinski definition) is 1. The van der Waals surface area contributed by atoms with E-state index < -0.39 is 0 Å². The Morgan fingerprint density at radius 2 is 1.90 bits per heavy atom. The average Bonchev–Trinajstić information content (AvgIpc) is 2.76. The summed E-state index contributed by atoms with van der Waals surface area (Å²) in [6.07, 6.45) is 0.887. The van der Waals surface area contributed by atoms with Gasteiger partial charge in [-0.1, -0.05) is 12.1 Å². The Balaban J connectivity index is 2.14. The zero-order valence-corrected chi connectivity index (χ0v) is 14.6. The molecule has 1 fully saturated rings. The lowest BCUT2D eigenvalue weighted by Crippen LogP contribution is -2.61. The molecule has 0 saturated carbocycles. The van der Waals surface area contributed by atoms with E-state index in [2.05, 4.69) is 59.6 Å². The van der Waals surface area contributed by atoms with Gasteiger partial charge in [0.25, 0.3) is 0 Å². The maximum absolute atomic E-state index is 6.33. The highest BCUT2D eigenvalue weighted by Crippen LogP contribution is 2.52. The van der Waals surface area contributed by atoms with Gasteiger partial charge in [0, 0.05) is 10.9 Å². The van der Waals surface area contributed by atoms with Gasteiger partial charge >= 0.3 is 0 Å². The van der Waals surface area contributed by atoms with Crippen LogP contribution in [-0.4, -0.2) is 29.2 Å². The van der Waals surface area contributed by atoms with Crippen molar-refractivity contribution in [1.82, 2.24) is 0 Å². The van der Waals surface area contributed by atoms with Gasteiger partial charge in [-0.25, -0.2) is 0 Å². The van der Waals surface area contributed by atoms with Gasteiger partial charge in [-0.3, -0.25) is 4.99 Å². The number of nitrogens with two attached hydrogens (primary N) is 1. The van der Waals surface area contributed by atoms with Crippen molar-refractivity contribution in [3.05, 3.63) is 28.7 Å². The number of benzene rings is 1. The summed E-state index contributed by atoms with van der Waals surface area (Å²) in [4.78, 5) is 6.71. The minimum Gasteiger partial charge on any atom is -0.369 e. The van der Waals surface area contributed by atoms with Crippen molar-refractivity contribution in [3.63, 3.8) is 0 Å². The minimum atomic E-state index is -0.337. The molecular formula is C16H22BrN3O. The second kappa shape index (κ2) is 4.46. The fraction of sp³-hybridized carbons (Fsp3) is 0.562. The highest BCUT2D eigenvalue weighted by molar-refractivity contribution is 9.10. The summed E-state index contributed by atoms with van der Waals surface area (Å²) >= 11 is 3.64. The molecular weight excluding hydrogens is 330 g/mol. The van der Waals surface area contributed by atoms with Crippen LogP contribution in [0, 0.1) is 0 Å². The largest absolute Gasteiger partial charge is 0.369 e. The highest BCUT2D eigenvalue weighted by Gasteiger charge is 2.63. The molecule has 0 aliphatic carbocycles. The van der Waals surface area contributed by atoms with Crippen molar-refractivity contribution in [2.24, 2.45) is 10.7 Å². The van der Waals surface area contributed by atoms with Gasteiger partial charge < -0.3 is 15.4 Å². The zero-order chi connectivity index (χ0) is 15.5. The van der Waals surface area contributed by atoms with E-state index in [1.165, 1.54) is 0 Å². The maximum Gasteiger partial charge on any atom is 0.196 e. The predicted molar refractivity (Wildman–Crippen MR) is 89.7 cm³/mol. The summed E-state index contributed by atoms with van der Waals surface area (Å²) in [7, 11) is 0. The number of rotatable bonds is 1. The Bertz CT molecular complexity index is 611. The Hall–Kier alpha value is -1.07. The second-order valence-electron chi connectivity index (χ2n) is 7.04. The van der Waals surface area contributed by atoms with Crippen LogP contribution in [0.2, 0.25) is 0 Å². The average molecular weight is 352 g/mol. The molecule has 2 aliphatic rings. The van der Waals surface area contributed by atoms with Crippen LogP contribution in [0.3, 0.4) is 0 Å². The maximum atomic E-state index is 6.33. The van der Waals surface area contributed by atoms with Gasteiger partial charge in [-0.2, -0.15) is 0 Å². The van der Waals surface area contributed by atoms with Crippen LogP contribution >= 0.6 is 15.9 Å². The van der Waals surface area contributed by atoms with E-state index >= 15 is 0 Å². The van der Waals surface area contributed by atoms with Gasteiger partial charge in [0.15, 0.2) is 5.96 Å². The van der Waals surface area contributed by atoms with Gasteiger partial charge in [-0.15, -0.1) is 0 Å². The number of para-hydroxylation sites is 1. The summed E-state index contributed by atoms with van der Waals surface area (Å²) in [5.74, 6) is 0.566. The number of ether oxygens (including phenoxy) is 1. The molecule has 1 saturated heterocycles. The molecule has 0 radical (unpaired) electrons. The van der Waals surface area contributed by atoms with E-state index in [1.807, 2.05) is 18.2 Å². The van der Waals surface area contributed by atoms with Crippen molar-refractivity contribution >= 4 is 27.6 Å². The monoisotopic (exact) mass is 351 g/mol. The van der Waals surface area contributed by atoms with Crippen LogP contribution in [0.5, 0.6) is 0 Å². The number of halogens is 1. The van der Waals surface area contributed by atoms with E-state index in [0.29, 0.717) is 12.5 Å². The number of anilines is 1. The van der Waals surface area contributed by atoms with E-state index in [9.17, 15) is 0 Å². The predicted octanol–water partition coefficient (Wildman–Crippen LogP) is 3.30.